The van der Waals surface area contributed by atoms with Crippen molar-refractivity contribution in [1.29, 1.82) is 5.26 Å². The third kappa shape index (κ3) is 6.72. The number of hydrogen-bond donors (Lipinski definition) is 0. The topological polar surface area (TPSA) is 143 Å². The summed E-state index contributed by atoms with van der Waals surface area (Å²) < 4.78 is 29.9. The predicted octanol–water partition coefficient (Wildman–Crippen LogP) is 2.61. The molecular weight excluding hydrogens is 504 g/mol. The Labute approximate surface area is 219 Å². The molecular formula is C25H30N2O9S. The van der Waals surface area contributed by atoms with Gasteiger partial charge in [0.2, 0.25) is 0 Å². The van der Waals surface area contributed by atoms with Gasteiger partial charge in [-0.15, -0.1) is 0 Å². The van der Waals surface area contributed by atoms with Crippen molar-refractivity contribution in [3.8, 4) is 6.07 Å². The second-order valence-electron chi connectivity index (χ2n) is 8.97. The standard InChI is InChI=1S/C25H30N2O9S/c1-13(28)32-12-20-21(33-14(2)29)22(34-15(3)30)23(35-16(4)31)24(36-20)27-19-9-7-5-6-8-17(19)10-18(11-26)25(27)37/h10,20-24H,5-9,12H2,1-4H3/t20-,21+,22-,23-,24+/m0/s1. The Morgan fingerprint density at radius 1 is 0.946 bits per heavy atom. The smallest absolute Gasteiger partial charge is 0.303 e. The number of rotatable bonds is 6. The fourth-order valence-corrected chi connectivity index (χ4v) is 5.09. The minimum absolute atomic E-state index is 0.157. The first kappa shape index (κ1) is 28.3. The van der Waals surface area contributed by atoms with Gasteiger partial charge in [0, 0.05) is 33.4 Å². The number of esters is 4. The van der Waals surface area contributed by atoms with E-state index < -0.39 is 54.5 Å². The van der Waals surface area contributed by atoms with Crippen LogP contribution in [0, 0.1) is 16.0 Å². The number of nitrogens with zero attached hydrogens (tertiary/aromatic N) is 2. The summed E-state index contributed by atoms with van der Waals surface area (Å²) in [6.45, 7) is 4.36. The Morgan fingerprint density at radius 3 is 2.14 bits per heavy atom. The second-order valence-corrected chi connectivity index (χ2v) is 9.35. The molecule has 1 saturated heterocycles. The highest BCUT2D eigenvalue weighted by atomic mass is 32.1. The predicted molar refractivity (Wildman–Crippen MR) is 128 cm³/mol. The molecule has 5 atom stereocenters. The van der Waals surface area contributed by atoms with Crippen molar-refractivity contribution >= 4 is 36.1 Å². The Morgan fingerprint density at radius 2 is 1.54 bits per heavy atom. The van der Waals surface area contributed by atoms with Gasteiger partial charge < -0.3 is 28.3 Å². The van der Waals surface area contributed by atoms with Crippen LogP contribution in [0.1, 0.15) is 70.0 Å². The summed E-state index contributed by atoms with van der Waals surface area (Å²) in [5, 5.41) is 9.79. The van der Waals surface area contributed by atoms with E-state index in [2.05, 4.69) is 6.07 Å². The summed E-state index contributed by atoms with van der Waals surface area (Å²) in [4.78, 5) is 47.9. The number of carbonyl (C=O) groups excluding carboxylic acids is 4. The molecule has 1 aromatic heterocycles. The summed E-state index contributed by atoms with van der Waals surface area (Å²) >= 11 is 5.68. The van der Waals surface area contributed by atoms with Crippen molar-refractivity contribution in [2.45, 2.75) is 90.4 Å². The Kier molecular flexibility index (Phi) is 9.39. The fourth-order valence-electron chi connectivity index (χ4n) is 4.77. The number of fused-ring (bicyclic) bond motifs is 1. The molecule has 3 rings (SSSR count). The zero-order valence-electron chi connectivity index (χ0n) is 21.2. The second kappa shape index (κ2) is 12.3. The molecule has 0 spiro atoms. The van der Waals surface area contributed by atoms with Gasteiger partial charge >= 0.3 is 23.9 Å². The maximum absolute atomic E-state index is 12.2. The Bertz CT molecular complexity index is 1170. The first-order valence-electron chi connectivity index (χ1n) is 12.0. The van der Waals surface area contributed by atoms with Crippen molar-refractivity contribution in [1.82, 2.24) is 4.57 Å². The van der Waals surface area contributed by atoms with Crippen molar-refractivity contribution in [3.63, 3.8) is 0 Å². The van der Waals surface area contributed by atoms with Crippen LogP contribution in [0.3, 0.4) is 0 Å². The third-order valence-electron chi connectivity index (χ3n) is 6.13. The van der Waals surface area contributed by atoms with Gasteiger partial charge in [-0.25, -0.2) is 0 Å². The molecule has 1 aromatic rings. The summed E-state index contributed by atoms with van der Waals surface area (Å²) in [7, 11) is 0. The molecule has 1 aliphatic heterocycles. The van der Waals surface area contributed by atoms with E-state index in [9.17, 15) is 24.4 Å². The number of aromatic nitrogens is 1. The van der Waals surface area contributed by atoms with Crippen molar-refractivity contribution in [2.75, 3.05) is 6.61 Å². The number of pyridine rings is 1. The number of carbonyl (C=O) groups is 4. The van der Waals surface area contributed by atoms with Gasteiger partial charge in [-0.1, -0.05) is 18.6 Å². The van der Waals surface area contributed by atoms with E-state index in [4.69, 9.17) is 35.9 Å². The average Bonchev–Trinajstić information content (AvgIpc) is 3.05. The average molecular weight is 535 g/mol. The van der Waals surface area contributed by atoms with Crippen LogP contribution >= 0.6 is 12.2 Å². The maximum atomic E-state index is 12.2. The normalized spacial score (nSPS) is 25.0. The maximum Gasteiger partial charge on any atom is 0.303 e. The van der Waals surface area contributed by atoms with Gasteiger partial charge in [0.15, 0.2) is 24.5 Å². The molecule has 1 aliphatic carbocycles. The number of aryl methyl sites for hydroxylation is 1. The van der Waals surface area contributed by atoms with Crippen LogP contribution in [-0.4, -0.2) is 59.5 Å². The van der Waals surface area contributed by atoms with E-state index in [1.807, 2.05) is 0 Å². The van der Waals surface area contributed by atoms with Crippen molar-refractivity contribution in [3.05, 3.63) is 27.5 Å². The lowest BCUT2D eigenvalue weighted by molar-refractivity contribution is -0.269. The lowest BCUT2D eigenvalue weighted by atomic mass is 9.96. The van der Waals surface area contributed by atoms with E-state index in [0.29, 0.717) is 12.8 Å². The lowest BCUT2D eigenvalue weighted by Gasteiger charge is -2.45. The molecule has 37 heavy (non-hydrogen) atoms. The van der Waals surface area contributed by atoms with Crippen LogP contribution in [0.2, 0.25) is 0 Å². The largest absolute Gasteiger partial charge is 0.463 e. The monoisotopic (exact) mass is 534 g/mol. The molecule has 11 nitrogen and oxygen atoms in total. The summed E-state index contributed by atoms with van der Waals surface area (Å²) in [6, 6.07) is 3.89. The molecule has 0 aromatic carbocycles. The van der Waals surface area contributed by atoms with Gasteiger partial charge in [-0.2, -0.15) is 5.26 Å². The zero-order chi connectivity index (χ0) is 27.3. The highest BCUT2D eigenvalue weighted by Crippen LogP contribution is 2.37. The van der Waals surface area contributed by atoms with E-state index in [1.165, 1.54) is 13.8 Å². The SMILES string of the molecule is CC(=O)OC[C@@H]1O[C@@H](n2c3c(cc(C#N)c2=S)CCCCC3)[C@@H](OC(C)=O)[C@@H](OC(C)=O)[C@@H]1OC(C)=O. The highest BCUT2D eigenvalue weighted by Gasteiger charge is 2.53. The minimum Gasteiger partial charge on any atom is -0.463 e. The molecule has 0 bridgehead atoms. The van der Waals surface area contributed by atoms with Crippen LogP contribution in [0.25, 0.3) is 0 Å². The van der Waals surface area contributed by atoms with Crippen LogP contribution in [0.4, 0.5) is 0 Å². The van der Waals surface area contributed by atoms with Crippen LogP contribution in [-0.2, 0) is 55.7 Å². The summed E-state index contributed by atoms with van der Waals surface area (Å²) in [5.74, 6) is -2.75. The third-order valence-corrected chi connectivity index (χ3v) is 6.55. The molecule has 0 N–H and O–H groups in total. The molecule has 12 heteroatoms. The summed E-state index contributed by atoms with van der Waals surface area (Å²) in [5.41, 5.74) is 1.96. The van der Waals surface area contributed by atoms with E-state index in [-0.39, 0.29) is 16.8 Å². The first-order chi connectivity index (χ1) is 17.5. The Balaban J connectivity index is 2.25. The molecule has 2 aliphatic rings. The molecule has 0 unspecified atom stereocenters. The molecule has 0 saturated carbocycles. The number of ether oxygens (including phenoxy) is 5. The molecule has 200 valence electrons. The van der Waals surface area contributed by atoms with Crippen molar-refractivity contribution in [2.24, 2.45) is 0 Å². The lowest BCUT2D eigenvalue weighted by Crippen LogP contribution is -2.60. The van der Waals surface area contributed by atoms with Crippen LogP contribution < -0.4 is 0 Å². The van der Waals surface area contributed by atoms with E-state index in [1.54, 1.807) is 10.6 Å². The quantitative estimate of drug-likeness (QED) is 0.230. The van der Waals surface area contributed by atoms with Gasteiger partial charge in [-0.3, -0.25) is 19.2 Å². The van der Waals surface area contributed by atoms with E-state index in [0.717, 1.165) is 44.4 Å². The fraction of sp³-hybridized carbons (Fsp3) is 0.600. The molecule has 2 heterocycles. The highest BCUT2D eigenvalue weighted by molar-refractivity contribution is 7.71. The van der Waals surface area contributed by atoms with Gasteiger partial charge in [-0.05, 0) is 37.3 Å². The van der Waals surface area contributed by atoms with Crippen LogP contribution in [0.5, 0.6) is 0 Å². The van der Waals surface area contributed by atoms with E-state index >= 15 is 0 Å². The zero-order valence-corrected chi connectivity index (χ0v) is 22.0. The number of nitriles is 1. The minimum atomic E-state index is -1.32. The molecule has 0 amide bonds. The van der Waals surface area contributed by atoms with Gasteiger partial charge in [0.05, 0.1) is 5.56 Å². The first-order valence-corrected chi connectivity index (χ1v) is 12.4. The van der Waals surface area contributed by atoms with Crippen molar-refractivity contribution < 1.29 is 42.9 Å². The van der Waals surface area contributed by atoms with Gasteiger partial charge in [0.1, 0.15) is 23.4 Å². The Hall–Kier alpha value is -3.30. The van der Waals surface area contributed by atoms with Crippen LogP contribution in [0.15, 0.2) is 6.07 Å². The number of hydrogen-bond acceptors (Lipinski definition) is 11. The van der Waals surface area contributed by atoms with Gasteiger partial charge in [0.25, 0.3) is 0 Å². The summed E-state index contributed by atoms with van der Waals surface area (Å²) in [6.07, 6.45) is -2.08. The molecule has 0 radical (unpaired) electrons. The molecule has 1 fully saturated rings.